The second-order valence-electron chi connectivity index (χ2n) is 5.97. The van der Waals surface area contributed by atoms with Gasteiger partial charge in [-0.1, -0.05) is 6.42 Å². The molecule has 2 aromatic heterocycles. The van der Waals surface area contributed by atoms with Crippen LogP contribution in [0.4, 0.5) is 0 Å². The summed E-state index contributed by atoms with van der Waals surface area (Å²) in [6.45, 7) is 6.39. The Morgan fingerprint density at radius 1 is 1.18 bits per heavy atom. The number of piperidine rings is 1. The normalized spacial score (nSPS) is 16.2. The fourth-order valence-corrected chi connectivity index (χ4v) is 3.16. The minimum Gasteiger partial charge on any atom is -0.364 e. The van der Waals surface area contributed by atoms with Crippen molar-refractivity contribution in [1.82, 2.24) is 19.4 Å². The van der Waals surface area contributed by atoms with Crippen LogP contribution in [0, 0.1) is 6.92 Å². The molecule has 22 heavy (non-hydrogen) atoms. The lowest BCUT2D eigenvalue weighted by molar-refractivity contribution is 0.0996. The standard InChI is InChI=1S/C16H23N5O/c1-12-18-14-7-6-13(15(17)22)19-16(14)21(12)11-5-10-20-8-3-2-4-9-20/h6-7H,2-5,8-11H2,1H3,(H2,17,22). The number of likely N-dealkylation sites (tertiary alicyclic amines) is 1. The molecule has 3 rings (SSSR count). The number of amides is 1. The number of carbonyl (C=O) groups excluding carboxylic acids is 1. The van der Waals surface area contributed by atoms with Gasteiger partial charge in [0, 0.05) is 6.54 Å². The van der Waals surface area contributed by atoms with Crippen LogP contribution in [0.1, 0.15) is 42.0 Å². The summed E-state index contributed by atoms with van der Waals surface area (Å²) in [5.74, 6) is 0.434. The summed E-state index contributed by atoms with van der Waals surface area (Å²) < 4.78 is 2.09. The quantitative estimate of drug-likeness (QED) is 0.912. The van der Waals surface area contributed by atoms with Crippen LogP contribution >= 0.6 is 0 Å². The van der Waals surface area contributed by atoms with Crippen LogP contribution in [0.25, 0.3) is 11.2 Å². The maximum absolute atomic E-state index is 11.3. The van der Waals surface area contributed by atoms with Crippen LogP contribution in [0.5, 0.6) is 0 Å². The predicted octanol–water partition coefficient (Wildman–Crippen LogP) is 1.71. The Hall–Kier alpha value is -1.95. The van der Waals surface area contributed by atoms with Gasteiger partial charge in [0.2, 0.25) is 0 Å². The first-order chi connectivity index (χ1) is 10.6. The third-order valence-corrected chi connectivity index (χ3v) is 4.34. The summed E-state index contributed by atoms with van der Waals surface area (Å²) in [6, 6.07) is 3.45. The molecule has 1 fully saturated rings. The van der Waals surface area contributed by atoms with E-state index in [9.17, 15) is 4.79 Å². The van der Waals surface area contributed by atoms with Gasteiger partial charge in [0.25, 0.3) is 5.91 Å². The van der Waals surface area contributed by atoms with Crippen LogP contribution in [0.2, 0.25) is 0 Å². The summed E-state index contributed by atoms with van der Waals surface area (Å²) in [5, 5.41) is 0. The van der Waals surface area contributed by atoms with Gasteiger partial charge in [-0.2, -0.15) is 0 Å². The first-order valence-electron chi connectivity index (χ1n) is 8.01. The number of aromatic nitrogens is 3. The van der Waals surface area contributed by atoms with E-state index in [1.165, 1.54) is 32.4 Å². The number of pyridine rings is 1. The van der Waals surface area contributed by atoms with E-state index < -0.39 is 5.91 Å². The molecule has 3 heterocycles. The van der Waals surface area contributed by atoms with E-state index in [0.29, 0.717) is 5.69 Å². The highest BCUT2D eigenvalue weighted by atomic mass is 16.1. The number of nitrogens with zero attached hydrogens (tertiary/aromatic N) is 4. The van der Waals surface area contributed by atoms with E-state index >= 15 is 0 Å². The molecule has 0 radical (unpaired) electrons. The van der Waals surface area contributed by atoms with Crippen molar-refractivity contribution in [1.29, 1.82) is 0 Å². The Morgan fingerprint density at radius 2 is 1.95 bits per heavy atom. The van der Waals surface area contributed by atoms with Crippen molar-refractivity contribution in [3.8, 4) is 0 Å². The number of aryl methyl sites for hydroxylation is 2. The highest BCUT2D eigenvalue weighted by molar-refractivity contribution is 5.92. The highest BCUT2D eigenvalue weighted by Gasteiger charge is 2.13. The number of primary amides is 1. The van der Waals surface area contributed by atoms with Crippen molar-refractivity contribution in [3.05, 3.63) is 23.7 Å². The van der Waals surface area contributed by atoms with Crippen LogP contribution in [0.3, 0.4) is 0 Å². The van der Waals surface area contributed by atoms with E-state index in [-0.39, 0.29) is 0 Å². The molecular formula is C16H23N5O. The van der Waals surface area contributed by atoms with Gasteiger partial charge in [-0.25, -0.2) is 9.97 Å². The molecule has 6 nitrogen and oxygen atoms in total. The van der Waals surface area contributed by atoms with Crippen molar-refractivity contribution < 1.29 is 4.79 Å². The molecule has 0 saturated carbocycles. The zero-order valence-corrected chi connectivity index (χ0v) is 13.1. The average Bonchev–Trinajstić information content (AvgIpc) is 2.83. The first-order valence-corrected chi connectivity index (χ1v) is 8.01. The van der Waals surface area contributed by atoms with Gasteiger partial charge in [-0.05, 0) is 58.0 Å². The number of fused-ring (bicyclic) bond motifs is 1. The molecular weight excluding hydrogens is 278 g/mol. The Balaban J connectivity index is 1.73. The number of rotatable bonds is 5. The first kappa shape index (κ1) is 15.0. The molecule has 1 aliphatic rings. The topological polar surface area (TPSA) is 77.0 Å². The van der Waals surface area contributed by atoms with E-state index in [0.717, 1.165) is 36.5 Å². The Morgan fingerprint density at radius 3 is 2.68 bits per heavy atom. The smallest absolute Gasteiger partial charge is 0.267 e. The summed E-state index contributed by atoms with van der Waals surface area (Å²) in [5.41, 5.74) is 7.19. The molecule has 0 aromatic carbocycles. The molecule has 6 heteroatoms. The zero-order valence-electron chi connectivity index (χ0n) is 13.1. The van der Waals surface area contributed by atoms with Crippen LogP contribution in [-0.4, -0.2) is 45.0 Å². The van der Waals surface area contributed by atoms with Gasteiger partial charge in [-0.3, -0.25) is 4.79 Å². The number of hydrogen-bond acceptors (Lipinski definition) is 4. The molecule has 118 valence electrons. The number of carbonyl (C=O) groups is 1. The molecule has 1 amide bonds. The third kappa shape index (κ3) is 3.11. The Labute approximate surface area is 130 Å². The van der Waals surface area contributed by atoms with Crippen LogP contribution in [0.15, 0.2) is 12.1 Å². The van der Waals surface area contributed by atoms with Gasteiger partial charge < -0.3 is 15.2 Å². The number of imidazole rings is 1. The molecule has 1 aliphatic heterocycles. The Bertz CT molecular complexity index is 672. The van der Waals surface area contributed by atoms with E-state index in [4.69, 9.17) is 5.73 Å². The molecule has 0 aliphatic carbocycles. The van der Waals surface area contributed by atoms with E-state index in [1.54, 1.807) is 6.07 Å². The minimum absolute atomic E-state index is 0.296. The Kier molecular flexibility index (Phi) is 4.38. The molecule has 0 unspecified atom stereocenters. The molecule has 0 bridgehead atoms. The van der Waals surface area contributed by atoms with Crippen molar-refractivity contribution in [2.45, 2.75) is 39.2 Å². The van der Waals surface area contributed by atoms with Crippen molar-refractivity contribution in [2.75, 3.05) is 19.6 Å². The van der Waals surface area contributed by atoms with Gasteiger partial charge in [0.15, 0.2) is 5.65 Å². The molecule has 0 spiro atoms. The lowest BCUT2D eigenvalue weighted by atomic mass is 10.1. The van der Waals surface area contributed by atoms with Gasteiger partial charge in [-0.15, -0.1) is 0 Å². The summed E-state index contributed by atoms with van der Waals surface area (Å²) in [6.07, 6.45) is 5.06. The molecule has 2 N–H and O–H groups in total. The largest absolute Gasteiger partial charge is 0.364 e. The fourth-order valence-electron chi connectivity index (χ4n) is 3.16. The molecule has 2 aromatic rings. The highest BCUT2D eigenvalue weighted by Crippen LogP contribution is 2.16. The summed E-state index contributed by atoms with van der Waals surface area (Å²) in [7, 11) is 0. The maximum atomic E-state index is 11.3. The van der Waals surface area contributed by atoms with Crippen molar-refractivity contribution in [2.24, 2.45) is 5.73 Å². The average molecular weight is 301 g/mol. The fraction of sp³-hybridized carbons (Fsp3) is 0.562. The molecule has 0 atom stereocenters. The van der Waals surface area contributed by atoms with E-state index in [1.807, 2.05) is 13.0 Å². The van der Waals surface area contributed by atoms with Gasteiger partial charge in [0.05, 0.1) is 0 Å². The molecule has 1 saturated heterocycles. The summed E-state index contributed by atoms with van der Waals surface area (Å²) in [4.78, 5) is 22.7. The van der Waals surface area contributed by atoms with E-state index in [2.05, 4.69) is 19.4 Å². The van der Waals surface area contributed by atoms with Crippen molar-refractivity contribution in [3.63, 3.8) is 0 Å². The lowest BCUT2D eigenvalue weighted by Crippen LogP contribution is -2.31. The second kappa shape index (κ2) is 6.44. The zero-order chi connectivity index (χ0) is 15.5. The monoisotopic (exact) mass is 301 g/mol. The maximum Gasteiger partial charge on any atom is 0.267 e. The number of nitrogens with two attached hydrogens (primary N) is 1. The van der Waals surface area contributed by atoms with Crippen molar-refractivity contribution >= 4 is 17.1 Å². The van der Waals surface area contributed by atoms with Gasteiger partial charge in [0.1, 0.15) is 17.0 Å². The SMILES string of the molecule is Cc1nc2ccc(C(N)=O)nc2n1CCCN1CCCCC1. The minimum atomic E-state index is -0.499. The van der Waals surface area contributed by atoms with Gasteiger partial charge >= 0.3 is 0 Å². The summed E-state index contributed by atoms with van der Waals surface area (Å²) >= 11 is 0. The lowest BCUT2D eigenvalue weighted by Gasteiger charge is -2.26. The van der Waals surface area contributed by atoms with Crippen LogP contribution in [-0.2, 0) is 6.54 Å². The van der Waals surface area contributed by atoms with Crippen LogP contribution < -0.4 is 5.73 Å². The third-order valence-electron chi connectivity index (χ3n) is 4.34. The second-order valence-corrected chi connectivity index (χ2v) is 5.97. The predicted molar refractivity (Wildman–Crippen MR) is 85.7 cm³/mol. The number of hydrogen-bond donors (Lipinski definition) is 1.